The van der Waals surface area contributed by atoms with Crippen LogP contribution in [0.15, 0.2) is 47.0 Å². The molecule has 0 bridgehead atoms. The van der Waals surface area contributed by atoms with Gasteiger partial charge in [-0.05, 0) is 32.0 Å². The number of ketones is 1. The zero-order chi connectivity index (χ0) is 17.1. The third-order valence-corrected chi connectivity index (χ3v) is 3.85. The van der Waals surface area contributed by atoms with E-state index in [4.69, 9.17) is 4.42 Å². The zero-order valence-electron chi connectivity index (χ0n) is 13.6. The number of anilines is 1. The lowest BCUT2D eigenvalue weighted by atomic mass is 10.1. The van der Waals surface area contributed by atoms with E-state index in [1.165, 1.54) is 6.92 Å². The molecule has 3 rings (SSSR count). The highest BCUT2D eigenvalue weighted by atomic mass is 16.3. The predicted octanol–water partition coefficient (Wildman–Crippen LogP) is 3.91. The van der Waals surface area contributed by atoms with Crippen LogP contribution in [-0.2, 0) is 11.2 Å². The number of carbonyl (C=O) groups excluding carboxylic acids is 2. The summed E-state index contributed by atoms with van der Waals surface area (Å²) in [6, 6.07) is 11.2. The van der Waals surface area contributed by atoms with E-state index >= 15 is 0 Å². The van der Waals surface area contributed by atoms with Crippen molar-refractivity contribution in [3.05, 3.63) is 59.7 Å². The molecule has 2 aromatic heterocycles. The molecule has 1 aromatic carbocycles. The molecule has 1 amide bonds. The smallest absolute Gasteiger partial charge is 0.224 e. The van der Waals surface area contributed by atoms with E-state index in [2.05, 4.69) is 10.3 Å². The van der Waals surface area contributed by atoms with Gasteiger partial charge in [0.05, 0.1) is 16.8 Å². The van der Waals surface area contributed by atoms with Gasteiger partial charge in [-0.25, -0.2) is 0 Å². The van der Waals surface area contributed by atoms with Crippen molar-refractivity contribution in [2.75, 3.05) is 5.32 Å². The Bertz CT molecular complexity index is 907. The first-order valence-corrected chi connectivity index (χ1v) is 7.78. The fourth-order valence-corrected chi connectivity index (χ4v) is 2.67. The summed E-state index contributed by atoms with van der Waals surface area (Å²) in [5.41, 5.74) is 2.03. The van der Waals surface area contributed by atoms with Crippen LogP contribution in [0.4, 0.5) is 5.69 Å². The molecule has 24 heavy (non-hydrogen) atoms. The van der Waals surface area contributed by atoms with Crippen molar-refractivity contribution in [1.82, 2.24) is 4.98 Å². The van der Waals surface area contributed by atoms with Crippen LogP contribution in [0.3, 0.4) is 0 Å². The van der Waals surface area contributed by atoms with E-state index in [0.717, 1.165) is 10.9 Å². The summed E-state index contributed by atoms with van der Waals surface area (Å²) < 4.78 is 5.53. The summed E-state index contributed by atoms with van der Waals surface area (Å²) in [4.78, 5) is 28.0. The molecule has 5 heteroatoms. The van der Waals surface area contributed by atoms with Gasteiger partial charge in [0.2, 0.25) is 5.91 Å². The summed E-state index contributed by atoms with van der Waals surface area (Å²) in [5.74, 6) is 1.08. The molecule has 0 atom stereocenters. The monoisotopic (exact) mass is 322 g/mol. The van der Waals surface area contributed by atoms with Gasteiger partial charge in [0.25, 0.3) is 0 Å². The Labute approximate surface area is 139 Å². The Morgan fingerprint density at radius 2 is 2.00 bits per heavy atom. The van der Waals surface area contributed by atoms with Crippen LogP contribution < -0.4 is 5.32 Å². The normalized spacial score (nSPS) is 10.8. The third-order valence-electron chi connectivity index (χ3n) is 3.85. The number of fused-ring (bicyclic) bond motifs is 1. The number of amides is 1. The number of nitrogens with zero attached hydrogens (tertiary/aromatic N) is 1. The molecule has 0 unspecified atom stereocenters. The first kappa shape index (κ1) is 15.9. The number of hydrogen-bond donors (Lipinski definition) is 1. The molecular formula is C19H18N2O3. The zero-order valence-corrected chi connectivity index (χ0v) is 13.6. The lowest BCUT2D eigenvalue weighted by Gasteiger charge is -2.07. The second kappa shape index (κ2) is 6.66. The number of nitrogens with one attached hydrogen (secondary N) is 1. The Morgan fingerprint density at radius 1 is 1.21 bits per heavy atom. The Hall–Kier alpha value is -2.95. The Balaban J connectivity index is 1.67. The number of aromatic nitrogens is 1. The maximum Gasteiger partial charge on any atom is 0.224 e. The number of pyridine rings is 1. The standard InChI is InChI=1S/C19H18N2O3/c1-12(22)16-11-15(24-13(16)2)8-9-18(23)21-17-7-3-5-14-6-4-10-20-19(14)17/h3-7,10-11H,8-9H2,1-2H3,(H,21,23). The van der Waals surface area contributed by atoms with Crippen LogP contribution >= 0.6 is 0 Å². The fraction of sp³-hybridized carbons (Fsp3) is 0.211. The molecule has 0 saturated carbocycles. The van der Waals surface area contributed by atoms with Gasteiger partial charge < -0.3 is 9.73 Å². The number of aryl methyl sites for hydroxylation is 2. The highest BCUT2D eigenvalue weighted by Crippen LogP contribution is 2.21. The summed E-state index contributed by atoms with van der Waals surface area (Å²) in [6.07, 6.45) is 2.42. The van der Waals surface area contributed by atoms with E-state index in [9.17, 15) is 9.59 Å². The average molecular weight is 322 g/mol. The molecule has 0 aliphatic rings. The van der Waals surface area contributed by atoms with Gasteiger partial charge in [0, 0.05) is 24.4 Å². The van der Waals surface area contributed by atoms with E-state index < -0.39 is 0 Å². The number of Topliss-reactive ketones (excluding diaryl/α,β-unsaturated/α-hetero) is 1. The second-order valence-corrected chi connectivity index (χ2v) is 5.67. The molecule has 0 fully saturated rings. The van der Waals surface area contributed by atoms with Gasteiger partial charge in [-0.3, -0.25) is 14.6 Å². The van der Waals surface area contributed by atoms with Crippen molar-refractivity contribution in [2.45, 2.75) is 26.7 Å². The summed E-state index contributed by atoms with van der Waals surface area (Å²) in [5, 5.41) is 3.86. The first-order valence-electron chi connectivity index (χ1n) is 7.78. The molecule has 0 aliphatic carbocycles. The summed E-state index contributed by atoms with van der Waals surface area (Å²) in [6.45, 7) is 3.25. The molecule has 0 spiro atoms. The topological polar surface area (TPSA) is 72.2 Å². The maximum atomic E-state index is 12.2. The van der Waals surface area contributed by atoms with Crippen LogP contribution in [0.1, 0.15) is 35.2 Å². The minimum Gasteiger partial charge on any atom is -0.466 e. The minimum absolute atomic E-state index is 0.0335. The van der Waals surface area contributed by atoms with Crippen molar-refractivity contribution < 1.29 is 14.0 Å². The maximum absolute atomic E-state index is 12.2. The number of hydrogen-bond acceptors (Lipinski definition) is 4. The van der Waals surface area contributed by atoms with Gasteiger partial charge in [0.15, 0.2) is 5.78 Å². The minimum atomic E-state index is -0.119. The van der Waals surface area contributed by atoms with E-state index in [1.807, 2.05) is 30.3 Å². The lowest BCUT2D eigenvalue weighted by molar-refractivity contribution is -0.116. The molecular weight excluding hydrogens is 304 g/mol. The highest BCUT2D eigenvalue weighted by Gasteiger charge is 2.13. The number of rotatable bonds is 5. The van der Waals surface area contributed by atoms with Crippen LogP contribution in [0, 0.1) is 6.92 Å². The van der Waals surface area contributed by atoms with Crippen LogP contribution in [-0.4, -0.2) is 16.7 Å². The molecule has 0 aliphatic heterocycles. The largest absolute Gasteiger partial charge is 0.466 e. The first-order chi connectivity index (χ1) is 11.5. The van der Waals surface area contributed by atoms with Gasteiger partial charge in [-0.15, -0.1) is 0 Å². The number of furan rings is 1. The quantitative estimate of drug-likeness (QED) is 0.723. The number of carbonyl (C=O) groups is 2. The van der Waals surface area contributed by atoms with E-state index in [1.54, 1.807) is 19.2 Å². The van der Waals surface area contributed by atoms with Crippen molar-refractivity contribution >= 4 is 28.3 Å². The van der Waals surface area contributed by atoms with Crippen molar-refractivity contribution in [1.29, 1.82) is 0 Å². The molecule has 3 aromatic rings. The van der Waals surface area contributed by atoms with E-state index in [-0.39, 0.29) is 18.1 Å². The summed E-state index contributed by atoms with van der Waals surface area (Å²) in [7, 11) is 0. The van der Waals surface area contributed by atoms with Gasteiger partial charge >= 0.3 is 0 Å². The van der Waals surface area contributed by atoms with E-state index in [0.29, 0.717) is 29.2 Å². The number of para-hydroxylation sites is 1. The Morgan fingerprint density at radius 3 is 2.75 bits per heavy atom. The molecule has 122 valence electrons. The molecule has 2 heterocycles. The molecule has 0 radical (unpaired) electrons. The van der Waals surface area contributed by atoms with Gasteiger partial charge in [0.1, 0.15) is 11.5 Å². The highest BCUT2D eigenvalue weighted by molar-refractivity contribution is 6.00. The van der Waals surface area contributed by atoms with Crippen LogP contribution in [0.25, 0.3) is 10.9 Å². The molecule has 1 N–H and O–H groups in total. The second-order valence-electron chi connectivity index (χ2n) is 5.67. The Kier molecular flexibility index (Phi) is 4.42. The van der Waals surface area contributed by atoms with Crippen molar-refractivity contribution in [3.8, 4) is 0 Å². The van der Waals surface area contributed by atoms with Crippen LogP contribution in [0.5, 0.6) is 0 Å². The van der Waals surface area contributed by atoms with Crippen molar-refractivity contribution in [3.63, 3.8) is 0 Å². The van der Waals surface area contributed by atoms with Gasteiger partial charge in [-0.1, -0.05) is 18.2 Å². The lowest BCUT2D eigenvalue weighted by Crippen LogP contribution is -2.12. The predicted molar refractivity (Wildman–Crippen MR) is 92.1 cm³/mol. The molecule has 5 nitrogen and oxygen atoms in total. The number of benzene rings is 1. The summed E-state index contributed by atoms with van der Waals surface area (Å²) >= 11 is 0. The SMILES string of the molecule is CC(=O)c1cc(CCC(=O)Nc2cccc3cccnc23)oc1C. The van der Waals surface area contributed by atoms with Crippen LogP contribution in [0.2, 0.25) is 0 Å². The average Bonchev–Trinajstić information content (AvgIpc) is 2.94. The van der Waals surface area contributed by atoms with Crippen molar-refractivity contribution in [2.24, 2.45) is 0 Å². The fourth-order valence-electron chi connectivity index (χ4n) is 2.67. The molecule has 0 saturated heterocycles. The third kappa shape index (κ3) is 3.35. The van der Waals surface area contributed by atoms with Gasteiger partial charge in [-0.2, -0.15) is 0 Å².